The lowest BCUT2D eigenvalue weighted by molar-refractivity contribution is -0.211. The van der Waals surface area contributed by atoms with E-state index in [2.05, 4.69) is 449 Å². The third kappa shape index (κ3) is 31.9. The van der Waals surface area contributed by atoms with Gasteiger partial charge in [-0.15, -0.1) is 0 Å². The second kappa shape index (κ2) is 39.7. The van der Waals surface area contributed by atoms with Crippen LogP contribution in [0.15, 0.2) is 164 Å². The fourth-order valence-electron chi connectivity index (χ4n) is 19.4. The Morgan fingerprint density at radius 2 is 0.528 bits per heavy atom. The molecule has 0 unspecified atom stereocenters. The zero-order valence-corrected chi connectivity index (χ0v) is 89.3. The van der Waals surface area contributed by atoms with Gasteiger partial charge in [0.2, 0.25) is 0 Å². The van der Waals surface area contributed by atoms with Gasteiger partial charge in [0, 0.05) is 114 Å². The van der Waals surface area contributed by atoms with Gasteiger partial charge in [-0.2, -0.15) is 13.2 Å². The van der Waals surface area contributed by atoms with E-state index >= 15 is 0 Å². The lowest BCUT2D eigenvalue weighted by Crippen LogP contribution is -2.54. The molecule has 9 heteroatoms. The fraction of sp³-hybridized carbons (Fsp3) is 0.621. The number of benzene rings is 8. The van der Waals surface area contributed by atoms with Crippen LogP contribution in [0.1, 0.15) is 393 Å². The SMILES string of the molecule is CC(C)(C)Cc1cccc(CC(C)(C)C(F)(F)F)c1N(C(C)(C)C)C(C)(C)C.CC(C)(C)N(c1ccc2ccccc2c1)C(C)(C)C.CC(C)(C)N(c1cccc2ccccc12)C(C)(C)C.CC(C)(C)c1cccc(C(C)(C)C)c1N(C(C)(C)C)C(C)(C)C.CC(C)(C)c1ccccc1N(C(C)(C)C)C(C)(C)C.[2H]C([2H])([2H])c1cccc(C([2H])([2H])[2H])c1N(C(C)(C)C)C(C)(C)C. The monoisotopic (exact) mass is 1730 g/mol. The Hall–Kier alpha value is -7.13. The number of rotatable bonds is 9. The minimum Gasteiger partial charge on any atom is -0.362 e. The van der Waals surface area contributed by atoms with Crippen molar-refractivity contribution in [3.05, 3.63) is 203 Å². The molecule has 0 aliphatic carbocycles. The largest absolute Gasteiger partial charge is 0.394 e. The number of halogens is 3. The number of aryl methyl sites for hydroxylation is 2. The third-order valence-electron chi connectivity index (χ3n) is 21.7. The van der Waals surface area contributed by atoms with Crippen molar-refractivity contribution >= 4 is 55.7 Å². The summed E-state index contributed by atoms with van der Waals surface area (Å²) in [7, 11) is 0. The van der Waals surface area contributed by atoms with Gasteiger partial charge in [0.25, 0.3) is 0 Å². The molecule has 125 heavy (non-hydrogen) atoms. The van der Waals surface area contributed by atoms with E-state index in [1.54, 1.807) is 0 Å². The average Bonchev–Trinajstić information content (AvgIpc) is 0.748. The molecule has 0 N–H and O–H groups in total. The van der Waals surface area contributed by atoms with Gasteiger partial charge in [-0.3, -0.25) is 0 Å². The first-order chi connectivity index (χ1) is 57.9. The molecule has 702 valence electrons. The van der Waals surface area contributed by atoms with Gasteiger partial charge in [-0.1, -0.05) is 236 Å². The van der Waals surface area contributed by atoms with Gasteiger partial charge < -0.3 is 29.4 Å². The van der Waals surface area contributed by atoms with E-state index < -0.39 is 36.4 Å². The first-order valence-electron chi connectivity index (χ1n) is 49.2. The molecule has 8 aromatic carbocycles. The predicted octanol–water partition coefficient (Wildman–Crippen LogP) is 35.1. The lowest BCUT2D eigenvalue weighted by atomic mass is 9.76. The summed E-state index contributed by atoms with van der Waals surface area (Å²) in [5, 5.41) is 5.24. The molecule has 0 saturated heterocycles. The number of hydrogen-bond acceptors (Lipinski definition) is 6. The van der Waals surface area contributed by atoms with Gasteiger partial charge in [-0.05, 0) is 377 Å². The number of fused-ring (bicyclic) bond motifs is 2. The molecule has 0 aliphatic heterocycles. The maximum absolute atomic E-state index is 13.7. The molecule has 0 bridgehead atoms. The Morgan fingerprint density at radius 3 is 0.896 bits per heavy atom. The summed E-state index contributed by atoms with van der Waals surface area (Å²) in [6.07, 6.45) is -3.48. The van der Waals surface area contributed by atoms with E-state index in [4.69, 9.17) is 8.22 Å². The number of para-hydroxylation sites is 4. The minimum absolute atomic E-state index is 0.0352. The van der Waals surface area contributed by atoms with E-state index in [0.29, 0.717) is 5.69 Å². The van der Waals surface area contributed by atoms with Crippen molar-refractivity contribution in [2.75, 3.05) is 29.4 Å². The van der Waals surface area contributed by atoms with Crippen LogP contribution in [0, 0.1) is 24.5 Å². The van der Waals surface area contributed by atoms with Crippen molar-refractivity contribution in [1.29, 1.82) is 0 Å². The van der Waals surface area contributed by atoms with E-state index in [-0.39, 0.29) is 94.6 Å². The van der Waals surface area contributed by atoms with Crippen LogP contribution in [0.4, 0.5) is 47.3 Å². The minimum atomic E-state index is -4.25. The summed E-state index contributed by atoms with van der Waals surface area (Å²) in [6, 6.07) is 56.5. The molecule has 8 rings (SSSR count). The second-order valence-corrected chi connectivity index (χ2v) is 52.0. The van der Waals surface area contributed by atoms with Crippen molar-refractivity contribution in [3.63, 3.8) is 0 Å². The maximum Gasteiger partial charge on any atom is 0.394 e. The Labute approximate surface area is 777 Å². The zero-order chi connectivity index (χ0) is 103. The van der Waals surface area contributed by atoms with Crippen molar-refractivity contribution < 1.29 is 21.4 Å². The second-order valence-electron chi connectivity index (χ2n) is 52.0. The van der Waals surface area contributed by atoms with Crippen LogP contribution in [0.5, 0.6) is 0 Å². The molecule has 0 amide bonds. The van der Waals surface area contributed by atoms with Crippen LogP contribution < -0.4 is 29.4 Å². The summed E-state index contributed by atoms with van der Waals surface area (Å²) < 4.78 is 88.1. The third-order valence-corrected chi connectivity index (χ3v) is 21.7. The number of nitrogens with zero attached hydrogens (tertiary/aromatic N) is 6. The van der Waals surface area contributed by atoms with Crippen LogP contribution >= 0.6 is 0 Å². The highest BCUT2D eigenvalue weighted by Crippen LogP contribution is 2.50. The van der Waals surface area contributed by atoms with Crippen molar-refractivity contribution in [1.82, 2.24) is 0 Å². The predicted molar refractivity (Wildman–Crippen MR) is 558 cm³/mol. The van der Waals surface area contributed by atoms with Gasteiger partial charge in [0.1, 0.15) is 0 Å². The maximum atomic E-state index is 13.7. The highest BCUT2D eigenvalue weighted by atomic mass is 19.4. The Morgan fingerprint density at radius 1 is 0.240 bits per heavy atom. The van der Waals surface area contributed by atoms with Gasteiger partial charge in [0.05, 0.1) is 5.41 Å². The number of hydrogen-bond donors (Lipinski definition) is 0. The van der Waals surface area contributed by atoms with E-state index in [1.165, 1.54) is 93.0 Å². The molecule has 0 spiro atoms. The molecule has 6 nitrogen and oxygen atoms in total. The molecule has 0 aliphatic rings. The summed E-state index contributed by atoms with van der Waals surface area (Å²) in [4.78, 5) is 14.4. The van der Waals surface area contributed by atoms with Crippen LogP contribution in [0.2, 0.25) is 0 Å². The Kier molecular flexibility index (Phi) is 32.3. The van der Waals surface area contributed by atoms with Crippen molar-refractivity contribution in [3.8, 4) is 0 Å². The van der Waals surface area contributed by atoms with Crippen LogP contribution in [0.3, 0.4) is 0 Å². The van der Waals surface area contributed by atoms with Gasteiger partial charge in [-0.25, -0.2) is 0 Å². The summed E-state index contributed by atoms with van der Waals surface area (Å²) in [5.74, 6) is 0. The molecule has 0 aromatic heterocycles. The van der Waals surface area contributed by atoms with Gasteiger partial charge in [0.15, 0.2) is 0 Å². The molecular weight excluding hydrogens is 1530 g/mol. The van der Waals surface area contributed by atoms with E-state index in [0.717, 1.165) is 23.2 Å². The summed E-state index contributed by atoms with van der Waals surface area (Å²) in [5.41, 5.74) is 11.0. The average molecular weight is 1730 g/mol. The lowest BCUT2D eigenvalue weighted by Gasteiger charge is -2.51. The molecule has 0 fully saturated rings. The summed E-state index contributed by atoms with van der Waals surface area (Å²) in [6.45, 7) is 105. The van der Waals surface area contributed by atoms with E-state index in [1.807, 2.05) is 58.6 Å². The van der Waals surface area contributed by atoms with Crippen molar-refractivity contribution in [2.24, 2.45) is 10.8 Å². The van der Waals surface area contributed by atoms with E-state index in [9.17, 15) is 13.2 Å². The van der Waals surface area contributed by atoms with Crippen LogP contribution in [0.25, 0.3) is 21.5 Å². The highest BCUT2D eigenvalue weighted by molar-refractivity contribution is 5.95. The topological polar surface area (TPSA) is 19.4 Å². The highest BCUT2D eigenvalue weighted by Gasteiger charge is 2.49. The quantitative estimate of drug-likeness (QED) is 0.142. The first kappa shape index (κ1) is 102. The molecule has 8 aromatic rings. The van der Waals surface area contributed by atoms with Gasteiger partial charge >= 0.3 is 6.18 Å². The molecular formula is C116H187F3N6. The molecule has 0 heterocycles. The normalized spacial score (nSPS) is 14.4. The van der Waals surface area contributed by atoms with Crippen LogP contribution in [-0.4, -0.2) is 72.6 Å². The van der Waals surface area contributed by atoms with Crippen molar-refractivity contribution in [2.45, 2.75) is 462 Å². The standard InChI is InChI=1S/C24H40F3N.C22H39N.2C18H25N.C18H31N.C16H27N/c1-20(2,3)15-17-13-12-14-18(16-23(10,11)24(25,26)27)19(17)28(21(4,5)6)22(7,8)9;1-19(2,3)16-14-13-15-17(20(4,5)6)18(16)23(21(7,8)9)22(10,11)12;1-17(2,3)19(18(4,5)6)16-13-9-11-14-10-7-8-12-15(14)16;1-17(2,3)19(18(4,5)6)16-12-11-14-9-7-8-10-15(14)13-16;1-16(2,3)14-12-10-11-13-15(14)19(17(4,5)6)18(7,8)9;1-12-10-9-11-13(2)14(12)17(15(3,4)5)16(6,7)8/h12-14H,15-16H2,1-11H3;13-15H,1-12H3;2*7-13H,1-6H3;10-13H,1-9H3;9-11H,1-8H3/i;;;;;1D3,2D3. The Bertz CT molecular complexity index is 4700. The zero-order valence-electron chi connectivity index (χ0n) is 95.3. The molecule has 0 radical (unpaired) electrons. The summed E-state index contributed by atoms with van der Waals surface area (Å²) >= 11 is 0. The fourth-order valence-corrected chi connectivity index (χ4v) is 19.4. The smallest absolute Gasteiger partial charge is 0.362 e. The molecule has 0 saturated carbocycles. The first-order valence-corrected chi connectivity index (χ1v) is 46.2. The number of anilines is 6. The number of alkyl halides is 3. The molecule has 0 atom stereocenters. The van der Waals surface area contributed by atoms with Crippen LogP contribution in [-0.2, 0) is 29.1 Å². The Balaban J connectivity index is 0.000000407.